The predicted molar refractivity (Wildman–Crippen MR) is 591 cm³/mol. The standard InChI is InChI=1S/C127H133B3N6/c1-119(2,3)82-40-55-91(56-41-82)131-103-67-37-79(73-97(103)128-100-76-88(125(19,20)21)52-70-106(100)134(112-34-28-31-109(131)116(112)128)94-61-46-85(47-62-94)122(10,11)12)115(80-38-68-104-98(74-80)129-101-77-89(126(22,23)24)53-71-107(101)135(95-63-48-86(49-64-95)123(13,14)15)113-35-29-32-110(117(113)129)132(104)92-57-42-83(43-58-92)120(4,5)6)81-39-69-105-99(75-81)130-102-78-90(127(25,26)27)54-72-108(102)136(96-65-50-87(51-66-96)124(16,17)18)114-36-30-33-111(118(114)130)133(105)93-59-44-84(45-60-93)121(7,8)9/h28-78,115H,1-27H3. The van der Waals surface area contributed by atoms with Gasteiger partial charge in [0.25, 0.3) is 20.1 Å². The molecule has 680 valence electrons. The Bertz CT molecular complexity index is 6550. The molecule has 6 aliphatic rings. The van der Waals surface area contributed by atoms with Crippen molar-refractivity contribution in [2.75, 3.05) is 29.4 Å². The first kappa shape index (κ1) is 89.8. The van der Waals surface area contributed by atoms with Crippen LogP contribution in [0.15, 0.2) is 309 Å². The summed E-state index contributed by atoms with van der Waals surface area (Å²) in [6.07, 6.45) is 0. The first-order valence-electron chi connectivity index (χ1n) is 49.8. The molecule has 0 atom stereocenters. The summed E-state index contributed by atoms with van der Waals surface area (Å²) < 4.78 is 0. The van der Waals surface area contributed by atoms with Crippen LogP contribution in [0.4, 0.5) is 102 Å². The maximum absolute atomic E-state index is 2.71. The van der Waals surface area contributed by atoms with Crippen molar-refractivity contribution < 1.29 is 0 Å². The van der Waals surface area contributed by atoms with E-state index in [2.05, 4.69) is 526 Å². The second-order valence-corrected chi connectivity index (χ2v) is 49.2. The maximum atomic E-state index is 2.71. The van der Waals surface area contributed by atoms with Crippen LogP contribution in [-0.2, 0) is 48.7 Å². The molecule has 6 aliphatic heterocycles. The van der Waals surface area contributed by atoms with Gasteiger partial charge in [-0.05, 0) is 310 Å². The van der Waals surface area contributed by atoms with Gasteiger partial charge in [-0.3, -0.25) is 0 Å². The number of benzene rings is 15. The van der Waals surface area contributed by atoms with Gasteiger partial charge in [-0.2, -0.15) is 0 Å². The summed E-state index contributed by atoms with van der Waals surface area (Å²) in [6, 6.07) is 124. The summed E-state index contributed by atoms with van der Waals surface area (Å²) in [4.78, 5) is 15.6. The fourth-order valence-electron chi connectivity index (χ4n) is 22.7. The van der Waals surface area contributed by atoms with Crippen molar-refractivity contribution in [3.05, 3.63) is 376 Å². The fraction of sp³-hybridized carbons (Fsp3) is 0.291. The molecule has 0 unspecified atom stereocenters. The lowest BCUT2D eigenvalue weighted by Crippen LogP contribution is -2.62. The van der Waals surface area contributed by atoms with Crippen LogP contribution in [0, 0.1) is 0 Å². The first-order valence-corrected chi connectivity index (χ1v) is 49.8. The Morgan fingerprint density at radius 3 is 0.463 bits per heavy atom. The number of hydrogen-bond donors (Lipinski definition) is 0. The first-order chi connectivity index (χ1) is 64.1. The molecule has 0 radical (unpaired) electrons. The summed E-state index contributed by atoms with van der Waals surface area (Å²) in [6.45, 7) is 62.8. The molecule has 9 heteroatoms. The molecule has 0 aliphatic carbocycles. The van der Waals surface area contributed by atoms with Gasteiger partial charge in [0.05, 0.1) is 0 Å². The van der Waals surface area contributed by atoms with E-state index < -0.39 is 0 Å². The second kappa shape index (κ2) is 31.4. The number of anilines is 18. The molecule has 21 rings (SSSR count). The van der Waals surface area contributed by atoms with Crippen LogP contribution in [0.25, 0.3) is 0 Å². The molecular formula is C127H133B3N6. The van der Waals surface area contributed by atoms with E-state index in [0.29, 0.717) is 0 Å². The highest BCUT2D eigenvalue weighted by molar-refractivity contribution is 7.02. The summed E-state index contributed by atoms with van der Waals surface area (Å²) >= 11 is 0. The summed E-state index contributed by atoms with van der Waals surface area (Å²) in [5, 5.41) is 0. The van der Waals surface area contributed by atoms with E-state index in [1.165, 1.54) is 184 Å². The molecule has 0 saturated carbocycles. The maximum Gasteiger partial charge on any atom is 0.252 e. The Kier molecular flexibility index (Phi) is 20.7. The summed E-state index contributed by atoms with van der Waals surface area (Å²) in [5.74, 6) is -0.352. The zero-order chi connectivity index (χ0) is 95.9. The molecule has 0 spiro atoms. The van der Waals surface area contributed by atoms with Gasteiger partial charge in [-0.1, -0.05) is 351 Å². The molecule has 136 heavy (non-hydrogen) atoms. The van der Waals surface area contributed by atoms with E-state index >= 15 is 0 Å². The number of rotatable bonds is 9. The van der Waals surface area contributed by atoms with Crippen LogP contribution in [0.2, 0.25) is 0 Å². The quantitative estimate of drug-likeness (QED) is 0.105. The van der Waals surface area contributed by atoms with Crippen LogP contribution in [0.1, 0.15) is 260 Å². The predicted octanol–water partition coefficient (Wildman–Crippen LogP) is 28.8. The minimum absolute atomic E-state index is 0.0295. The summed E-state index contributed by atoms with van der Waals surface area (Å²) in [5.41, 5.74) is 47.4. The highest BCUT2D eigenvalue weighted by Gasteiger charge is 2.50. The molecule has 0 amide bonds. The Balaban J connectivity index is 0.870. The molecule has 0 fully saturated rings. The van der Waals surface area contributed by atoms with Gasteiger partial charge in [0, 0.05) is 108 Å². The minimum atomic E-state index is -0.352. The Morgan fingerprint density at radius 2 is 0.301 bits per heavy atom. The third-order valence-corrected chi connectivity index (χ3v) is 30.6. The van der Waals surface area contributed by atoms with Crippen LogP contribution >= 0.6 is 0 Å². The zero-order valence-electron chi connectivity index (χ0n) is 85.4. The second-order valence-electron chi connectivity index (χ2n) is 49.2. The average Bonchev–Trinajstić information content (AvgIpc) is 0.702. The van der Waals surface area contributed by atoms with Crippen molar-refractivity contribution in [1.82, 2.24) is 0 Å². The van der Waals surface area contributed by atoms with E-state index in [-0.39, 0.29) is 74.8 Å². The van der Waals surface area contributed by atoms with Gasteiger partial charge < -0.3 is 29.4 Å². The Labute approximate surface area is 813 Å². The largest absolute Gasteiger partial charge is 0.311 e. The zero-order valence-corrected chi connectivity index (χ0v) is 85.4. The lowest BCUT2D eigenvalue weighted by Gasteiger charge is -2.45. The molecule has 15 aromatic carbocycles. The Hall–Kier alpha value is -12.7. The monoisotopic (exact) mass is 1780 g/mol. The third kappa shape index (κ3) is 15.1. The van der Waals surface area contributed by atoms with Crippen molar-refractivity contribution in [2.24, 2.45) is 0 Å². The van der Waals surface area contributed by atoms with Crippen LogP contribution in [-0.4, -0.2) is 20.1 Å². The van der Waals surface area contributed by atoms with Crippen LogP contribution < -0.4 is 78.6 Å². The van der Waals surface area contributed by atoms with Crippen LogP contribution in [0.5, 0.6) is 0 Å². The van der Waals surface area contributed by atoms with Crippen molar-refractivity contribution in [3.8, 4) is 0 Å². The van der Waals surface area contributed by atoms with E-state index in [1.807, 2.05) is 0 Å². The van der Waals surface area contributed by atoms with Gasteiger partial charge in [0.1, 0.15) is 0 Å². The smallest absolute Gasteiger partial charge is 0.252 e. The average molecular weight is 1780 g/mol. The van der Waals surface area contributed by atoms with Gasteiger partial charge in [-0.25, -0.2) is 0 Å². The van der Waals surface area contributed by atoms with E-state index in [0.717, 1.165) is 34.1 Å². The molecule has 6 nitrogen and oxygen atoms in total. The lowest BCUT2D eigenvalue weighted by atomic mass is 9.33. The third-order valence-electron chi connectivity index (χ3n) is 30.6. The van der Waals surface area contributed by atoms with Gasteiger partial charge in [-0.15, -0.1) is 0 Å². The van der Waals surface area contributed by atoms with E-state index in [4.69, 9.17) is 0 Å². The van der Waals surface area contributed by atoms with Gasteiger partial charge >= 0.3 is 0 Å². The van der Waals surface area contributed by atoms with Crippen molar-refractivity contribution in [3.63, 3.8) is 0 Å². The lowest BCUT2D eigenvalue weighted by molar-refractivity contribution is 0.590. The van der Waals surface area contributed by atoms with E-state index in [9.17, 15) is 0 Å². The molecule has 0 bridgehead atoms. The number of fused-ring (bicyclic) bond motifs is 12. The normalized spacial score (nSPS) is 14.5. The highest BCUT2D eigenvalue weighted by atomic mass is 15.2. The highest BCUT2D eigenvalue weighted by Crippen LogP contribution is 2.53. The number of nitrogens with zero attached hydrogens (tertiary/aromatic N) is 6. The van der Waals surface area contributed by atoms with Gasteiger partial charge in [0.2, 0.25) is 0 Å². The minimum Gasteiger partial charge on any atom is -0.311 e. The molecule has 0 saturated heterocycles. The van der Waals surface area contributed by atoms with E-state index in [1.54, 1.807) is 0 Å². The molecular weight excluding hydrogens is 1640 g/mol. The van der Waals surface area contributed by atoms with Crippen molar-refractivity contribution >= 4 is 172 Å². The molecule has 0 N–H and O–H groups in total. The van der Waals surface area contributed by atoms with Crippen LogP contribution in [0.3, 0.4) is 0 Å². The summed E-state index contributed by atoms with van der Waals surface area (Å²) in [7, 11) is 0. The molecule has 15 aromatic rings. The Morgan fingerprint density at radius 1 is 0.154 bits per heavy atom. The van der Waals surface area contributed by atoms with Crippen molar-refractivity contribution in [1.29, 1.82) is 0 Å². The SMILES string of the molecule is CC(C)(C)c1ccc(N2c3ccc(C(c4ccc5c(c4)B4c6cc(C(C)(C)C)ccc6N(c6ccc(C(C)(C)C)cc6)c6cccc(c64)N5c4ccc(C(C)(C)C)cc4)c4ccc5c(c4)B4c6cc(C(C)(C)C)ccc6N(c6ccc(C(C)(C)C)cc6)c6cccc(c64)N5c4ccc(C(C)(C)C)cc4)cc3B3c4cc(C(C)(C)C)ccc4N(c4ccc(C(C)(C)C)cc4)c4cccc2c43)cc1. The molecule has 6 heterocycles. The topological polar surface area (TPSA) is 19.4 Å². The molecule has 0 aromatic heterocycles. The fourth-order valence-corrected chi connectivity index (χ4v) is 22.7. The number of hydrogen-bond acceptors (Lipinski definition) is 6. The van der Waals surface area contributed by atoms with Crippen molar-refractivity contribution in [2.45, 2.75) is 242 Å². The van der Waals surface area contributed by atoms with Gasteiger partial charge in [0.15, 0.2) is 0 Å².